The molecule has 4 nitrogen and oxygen atoms in total. The Labute approximate surface area is 157 Å². The summed E-state index contributed by atoms with van der Waals surface area (Å²) in [6, 6.07) is 20.8. The molecule has 0 fully saturated rings. The standard InChI is InChI=1S/C21H22N4S/c1-15-18(16-11-7-5-8-12-16)25-19(22-15)26-20(23-21(2,3)4)24(25)17-13-9-6-10-14-17/h5-14H,1-4H3. The molecule has 0 aliphatic carbocycles. The molecule has 0 radical (unpaired) electrons. The Morgan fingerprint density at radius 2 is 1.54 bits per heavy atom. The lowest BCUT2D eigenvalue weighted by Crippen LogP contribution is -2.23. The van der Waals surface area contributed by atoms with Crippen molar-refractivity contribution >= 4 is 16.3 Å². The molecule has 2 aromatic heterocycles. The van der Waals surface area contributed by atoms with Crippen molar-refractivity contribution in [3.63, 3.8) is 0 Å². The molecule has 4 rings (SSSR count). The van der Waals surface area contributed by atoms with E-state index in [2.05, 4.69) is 85.4 Å². The van der Waals surface area contributed by atoms with Gasteiger partial charge in [0.2, 0.25) is 9.76 Å². The molecule has 0 spiro atoms. The van der Waals surface area contributed by atoms with Gasteiger partial charge < -0.3 is 0 Å². The van der Waals surface area contributed by atoms with Crippen LogP contribution in [0, 0.1) is 6.92 Å². The van der Waals surface area contributed by atoms with E-state index in [9.17, 15) is 0 Å². The Kier molecular flexibility index (Phi) is 4.04. The van der Waals surface area contributed by atoms with Gasteiger partial charge in [0, 0.05) is 5.56 Å². The van der Waals surface area contributed by atoms with E-state index >= 15 is 0 Å². The quantitative estimate of drug-likeness (QED) is 0.501. The largest absolute Gasteiger partial charge is 0.251 e. The number of aryl methyl sites for hydroxylation is 1. The van der Waals surface area contributed by atoms with Crippen LogP contribution < -0.4 is 4.80 Å². The summed E-state index contributed by atoms with van der Waals surface area (Å²) in [5.41, 5.74) is 4.20. The summed E-state index contributed by atoms with van der Waals surface area (Å²) in [6.07, 6.45) is 0. The van der Waals surface area contributed by atoms with Crippen molar-refractivity contribution in [3.05, 3.63) is 71.2 Å². The first-order chi connectivity index (χ1) is 12.4. The first-order valence-corrected chi connectivity index (χ1v) is 9.53. The van der Waals surface area contributed by atoms with Crippen molar-refractivity contribution in [2.75, 3.05) is 0 Å². The highest BCUT2D eigenvalue weighted by Gasteiger charge is 2.19. The van der Waals surface area contributed by atoms with Crippen molar-refractivity contribution in [3.8, 4) is 16.9 Å². The lowest BCUT2D eigenvalue weighted by molar-refractivity contribution is 0.555. The fourth-order valence-corrected chi connectivity index (χ4v) is 4.23. The lowest BCUT2D eigenvalue weighted by Gasteiger charge is -2.13. The molecule has 5 heteroatoms. The third kappa shape index (κ3) is 2.99. The summed E-state index contributed by atoms with van der Waals surface area (Å²) in [6.45, 7) is 8.43. The molecular formula is C21H22N4S. The third-order valence-electron chi connectivity index (χ3n) is 4.04. The van der Waals surface area contributed by atoms with Crippen molar-refractivity contribution in [2.24, 2.45) is 4.99 Å². The summed E-state index contributed by atoms with van der Waals surface area (Å²) in [4.78, 5) is 11.7. The molecule has 0 saturated heterocycles. The van der Waals surface area contributed by atoms with E-state index in [-0.39, 0.29) is 5.54 Å². The molecule has 0 bridgehead atoms. The van der Waals surface area contributed by atoms with Crippen LogP contribution in [0.5, 0.6) is 0 Å². The van der Waals surface area contributed by atoms with Crippen molar-refractivity contribution < 1.29 is 0 Å². The molecule has 0 aliphatic heterocycles. The molecule has 4 aromatic rings. The van der Waals surface area contributed by atoms with Gasteiger partial charge in [-0.1, -0.05) is 59.9 Å². The number of rotatable bonds is 2. The fraction of sp³-hybridized carbons (Fsp3) is 0.238. The van der Waals surface area contributed by atoms with E-state index in [1.54, 1.807) is 11.3 Å². The number of fused-ring (bicyclic) bond motifs is 1. The minimum atomic E-state index is -0.165. The summed E-state index contributed by atoms with van der Waals surface area (Å²) < 4.78 is 4.36. The monoisotopic (exact) mass is 362 g/mol. The van der Waals surface area contributed by atoms with Crippen molar-refractivity contribution in [1.82, 2.24) is 14.2 Å². The lowest BCUT2D eigenvalue weighted by atomic mass is 10.1. The number of imidazole rings is 1. The second-order valence-electron chi connectivity index (χ2n) is 7.32. The van der Waals surface area contributed by atoms with Gasteiger partial charge in [0.05, 0.1) is 22.6 Å². The summed E-state index contributed by atoms with van der Waals surface area (Å²) >= 11 is 1.62. The molecule has 0 saturated carbocycles. The Morgan fingerprint density at radius 3 is 2.15 bits per heavy atom. The van der Waals surface area contributed by atoms with Gasteiger partial charge in [-0.05, 0) is 39.8 Å². The fourth-order valence-electron chi connectivity index (χ4n) is 3.03. The van der Waals surface area contributed by atoms with Crippen LogP contribution in [0.25, 0.3) is 21.9 Å². The highest BCUT2D eigenvalue weighted by Crippen LogP contribution is 2.27. The maximum Gasteiger partial charge on any atom is 0.213 e. The molecule has 132 valence electrons. The molecule has 0 N–H and O–H groups in total. The minimum absolute atomic E-state index is 0.165. The van der Waals surface area contributed by atoms with E-state index in [4.69, 9.17) is 9.98 Å². The average molecular weight is 363 g/mol. The number of benzene rings is 2. The molecule has 0 atom stereocenters. The number of nitrogens with zero attached hydrogens (tertiary/aromatic N) is 4. The Balaban J connectivity index is 2.13. The maximum atomic E-state index is 4.96. The first kappa shape index (κ1) is 16.8. The van der Waals surface area contributed by atoms with Crippen LogP contribution in [0.1, 0.15) is 26.5 Å². The molecular weight excluding hydrogens is 340 g/mol. The minimum Gasteiger partial charge on any atom is -0.251 e. The normalized spacial score (nSPS) is 12.8. The topological polar surface area (TPSA) is 34.6 Å². The van der Waals surface area contributed by atoms with Gasteiger partial charge in [-0.25, -0.2) is 14.2 Å². The van der Waals surface area contributed by atoms with Gasteiger partial charge in [0.15, 0.2) is 0 Å². The third-order valence-corrected chi connectivity index (χ3v) is 4.94. The Bertz CT molecular complexity index is 1110. The van der Waals surface area contributed by atoms with Crippen LogP contribution in [0.3, 0.4) is 0 Å². The molecule has 0 amide bonds. The summed E-state index contributed by atoms with van der Waals surface area (Å²) in [7, 11) is 0. The number of para-hydroxylation sites is 1. The van der Waals surface area contributed by atoms with Crippen LogP contribution in [-0.4, -0.2) is 19.7 Å². The van der Waals surface area contributed by atoms with Gasteiger partial charge in [0.1, 0.15) is 0 Å². The van der Waals surface area contributed by atoms with Crippen LogP contribution in [0.4, 0.5) is 0 Å². The number of hydrogen-bond acceptors (Lipinski definition) is 3. The van der Waals surface area contributed by atoms with E-state index in [1.165, 1.54) is 0 Å². The van der Waals surface area contributed by atoms with Gasteiger partial charge in [-0.3, -0.25) is 4.99 Å². The van der Waals surface area contributed by atoms with Crippen molar-refractivity contribution in [1.29, 1.82) is 0 Å². The van der Waals surface area contributed by atoms with Gasteiger partial charge in [-0.15, -0.1) is 0 Å². The maximum absolute atomic E-state index is 4.96. The SMILES string of the molecule is Cc1nc2sc(=NC(C)(C)C)n(-c3ccccc3)n2c1-c1ccccc1. The van der Waals surface area contributed by atoms with E-state index in [0.29, 0.717) is 0 Å². The number of aromatic nitrogens is 3. The van der Waals surface area contributed by atoms with Gasteiger partial charge in [0.25, 0.3) is 0 Å². The second-order valence-corrected chi connectivity index (χ2v) is 8.26. The van der Waals surface area contributed by atoms with Crippen molar-refractivity contribution in [2.45, 2.75) is 33.2 Å². The van der Waals surface area contributed by atoms with Gasteiger partial charge >= 0.3 is 0 Å². The van der Waals surface area contributed by atoms with E-state index in [1.807, 2.05) is 12.1 Å². The molecule has 2 heterocycles. The number of hydrogen-bond donors (Lipinski definition) is 0. The average Bonchev–Trinajstić information content (AvgIpc) is 3.08. The van der Waals surface area contributed by atoms with Crippen LogP contribution in [-0.2, 0) is 0 Å². The zero-order valence-electron chi connectivity index (χ0n) is 15.5. The molecule has 0 unspecified atom stereocenters. The summed E-state index contributed by atoms with van der Waals surface area (Å²) in [5.74, 6) is 0. The highest BCUT2D eigenvalue weighted by atomic mass is 32.1. The zero-order valence-corrected chi connectivity index (χ0v) is 16.3. The molecule has 26 heavy (non-hydrogen) atoms. The smallest absolute Gasteiger partial charge is 0.213 e. The second kappa shape index (κ2) is 6.25. The van der Waals surface area contributed by atoms with E-state index in [0.717, 1.165) is 32.4 Å². The predicted molar refractivity (Wildman–Crippen MR) is 108 cm³/mol. The Morgan fingerprint density at radius 1 is 0.923 bits per heavy atom. The van der Waals surface area contributed by atoms with Crippen LogP contribution in [0.2, 0.25) is 0 Å². The molecule has 0 aliphatic rings. The van der Waals surface area contributed by atoms with Crippen LogP contribution in [0.15, 0.2) is 65.7 Å². The summed E-state index contributed by atoms with van der Waals surface area (Å²) in [5, 5.41) is 0. The Hall–Kier alpha value is -2.66. The molecule has 2 aromatic carbocycles. The predicted octanol–water partition coefficient (Wildman–Crippen LogP) is 4.86. The first-order valence-electron chi connectivity index (χ1n) is 8.72. The van der Waals surface area contributed by atoms with Gasteiger partial charge in [-0.2, -0.15) is 0 Å². The zero-order chi connectivity index (χ0) is 18.3. The van der Waals surface area contributed by atoms with E-state index < -0.39 is 0 Å². The highest BCUT2D eigenvalue weighted by molar-refractivity contribution is 7.14. The van der Waals surface area contributed by atoms with Crippen LogP contribution >= 0.6 is 11.3 Å².